The Balaban J connectivity index is 1.65. The lowest BCUT2D eigenvalue weighted by Crippen LogP contribution is -2.57. The molecule has 2 aliphatic rings. The highest BCUT2D eigenvalue weighted by molar-refractivity contribution is 5.99. The number of rotatable bonds is 5. The number of halogens is 2. The van der Waals surface area contributed by atoms with Crippen LogP contribution in [0.2, 0.25) is 0 Å². The number of aromatic hydroxyl groups is 1. The molecule has 1 aromatic carbocycles. The summed E-state index contributed by atoms with van der Waals surface area (Å²) in [5.74, 6) is -2.98. The summed E-state index contributed by atoms with van der Waals surface area (Å²) in [5, 5.41) is 13.1. The number of hydrogen-bond acceptors (Lipinski definition) is 5. The van der Waals surface area contributed by atoms with Gasteiger partial charge in [0.2, 0.25) is 5.43 Å². The van der Waals surface area contributed by atoms with Gasteiger partial charge < -0.3 is 19.9 Å². The average Bonchev–Trinajstić information content (AvgIpc) is 2.94. The molecule has 35 heavy (non-hydrogen) atoms. The van der Waals surface area contributed by atoms with Gasteiger partial charge in [-0.2, -0.15) is 0 Å². The predicted molar refractivity (Wildman–Crippen MR) is 125 cm³/mol. The lowest BCUT2D eigenvalue weighted by Gasteiger charge is -2.42. The van der Waals surface area contributed by atoms with E-state index in [1.54, 1.807) is 4.90 Å². The van der Waals surface area contributed by atoms with Crippen molar-refractivity contribution in [3.63, 3.8) is 0 Å². The Morgan fingerprint density at radius 3 is 2.66 bits per heavy atom. The number of hydrogen-bond donors (Lipinski definition) is 2. The molecule has 188 valence electrons. The highest BCUT2D eigenvalue weighted by Gasteiger charge is 2.41. The first-order chi connectivity index (χ1) is 16.6. The molecule has 1 saturated heterocycles. The van der Waals surface area contributed by atoms with Crippen molar-refractivity contribution in [1.29, 1.82) is 0 Å². The predicted octanol–water partition coefficient (Wildman–Crippen LogP) is 2.54. The van der Waals surface area contributed by atoms with Crippen LogP contribution >= 0.6 is 0 Å². The first kappa shape index (κ1) is 24.8. The fourth-order valence-electron chi connectivity index (χ4n) is 4.82. The largest absolute Gasteiger partial charge is 0.503 e. The molecule has 0 saturated carbocycles. The van der Waals surface area contributed by atoms with Crippen LogP contribution < -0.4 is 10.7 Å². The van der Waals surface area contributed by atoms with E-state index in [4.69, 9.17) is 0 Å². The number of nitrogens with zero attached hydrogens (tertiary/aromatic N) is 3. The Labute approximate surface area is 202 Å². The van der Waals surface area contributed by atoms with Crippen LogP contribution in [0.15, 0.2) is 29.2 Å². The second-order valence-corrected chi connectivity index (χ2v) is 9.86. The lowest BCUT2D eigenvalue weighted by molar-refractivity contribution is 0.0169. The molecule has 0 radical (unpaired) electrons. The Bertz CT molecular complexity index is 1210. The summed E-state index contributed by atoms with van der Waals surface area (Å²) < 4.78 is 28.5. The molecule has 3 heterocycles. The van der Waals surface area contributed by atoms with Crippen molar-refractivity contribution in [3.8, 4) is 5.75 Å². The smallest absolute Gasteiger partial charge is 0.275 e. The van der Waals surface area contributed by atoms with Gasteiger partial charge in [0.25, 0.3) is 11.8 Å². The molecule has 8 nitrogen and oxygen atoms in total. The van der Waals surface area contributed by atoms with Crippen molar-refractivity contribution in [2.45, 2.75) is 46.4 Å². The zero-order valence-electron chi connectivity index (χ0n) is 20.1. The molecule has 4 rings (SSSR count). The van der Waals surface area contributed by atoms with E-state index >= 15 is 0 Å². The zero-order valence-corrected chi connectivity index (χ0v) is 20.1. The monoisotopic (exact) mass is 488 g/mol. The van der Waals surface area contributed by atoms with Crippen molar-refractivity contribution < 1.29 is 23.5 Å². The topological polar surface area (TPSA) is 94.9 Å². The van der Waals surface area contributed by atoms with Gasteiger partial charge in [-0.1, -0.05) is 26.8 Å². The number of nitrogens with one attached hydrogen (secondary N) is 1. The van der Waals surface area contributed by atoms with Gasteiger partial charge in [-0.25, -0.2) is 8.78 Å². The van der Waals surface area contributed by atoms with E-state index in [-0.39, 0.29) is 35.4 Å². The van der Waals surface area contributed by atoms with Crippen LogP contribution in [0.4, 0.5) is 8.78 Å². The van der Waals surface area contributed by atoms with Crippen LogP contribution in [0.1, 0.15) is 53.6 Å². The molecule has 1 aromatic heterocycles. The van der Waals surface area contributed by atoms with E-state index in [1.807, 2.05) is 0 Å². The standard InChI is InChI=1S/C25H30F2N4O4/c1-14(2)10-29-7-6-15(3)11-31-20(29)13-30-12-18(22(32)23(33)21(30)25(31)35)24(34)28-9-16-4-5-17(26)8-19(16)27/h4-5,8,12,14-15,20,33H,6-7,9-11,13H2,1-3H3,(H,28,34)/t15-,20?/m1/s1. The molecule has 0 bridgehead atoms. The van der Waals surface area contributed by atoms with Crippen molar-refractivity contribution in [2.24, 2.45) is 11.8 Å². The number of carbonyl (C=O) groups excluding carboxylic acids is 2. The van der Waals surface area contributed by atoms with Gasteiger partial charge >= 0.3 is 0 Å². The average molecular weight is 489 g/mol. The quantitative estimate of drug-likeness (QED) is 0.675. The van der Waals surface area contributed by atoms with E-state index in [0.29, 0.717) is 25.1 Å². The fraction of sp³-hybridized carbons (Fsp3) is 0.480. The molecule has 2 atom stereocenters. The molecule has 1 unspecified atom stereocenters. The summed E-state index contributed by atoms with van der Waals surface area (Å²) in [4.78, 5) is 43.0. The molecule has 2 aromatic rings. The van der Waals surface area contributed by atoms with Crippen LogP contribution in [-0.4, -0.2) is 57.1 Å². The van der Waals surface area contributed by atoms with Gasteiger partial charge in [-0.05, 0) is 24.3 Å². The van der Waals surface area contributed by atoms with Crippen molar-refractivity contribution in [1.82, 2.24) is 19.7 Å². The zero-order chi connectivity index (χ0) is 25.4. The van der Waals surface area contributed by atoms with Crippen LogP contribution in [0, 0.1) is 23.5 Å². The van der Waals surface area contributed by atoms with Crippen LogP contribution in [-0.2, 0) is 13.1 Å². The maximum atomic E-state index is 13.9. The number of aromatic nitrogens is 1. The summed E-state index contributed by atoms with van der Waals surface area (Å²) >= 11 is 0. The first-order valence-corrected chi connectivity index (χ1v) is 11.8. The van der Waals surface area contributed by atoms with Crippen LogP contribution in [0.5, 0.6) is 5.75 Å². The van der Waals surface area contributed by atoms with E-state index in [1.165, 1.54) is 16.8 Å². The van der Waals surface area contributed by atoms with Gasteiger partial charge in [0.15, 0.2) is 11.4 Å². The van der Waals surface area contributed by atoms with E-state index in [9.17, 15) is 28.3 Å². The normalized spacial score (nSPS) is 20.4. The molecule has 10 heteroatoms. The molecule has 0 spiro atoms. The molecule has 2 N–H and O–H groups in total. The molecule has 2 aliphatic heterocycles. The number of fused-ring (bicyclic) bond motifs is 2. The van der Waals surface area contributed by atoms with E-state index in [2.05, 4.69) is 31.0 Å². The minimum Gasteiger partial charge on any atom is -0.503 e. The molecule has 0 aliphatic carbocycles. The van der Waals surface area contributed by atoms with Crippen molar-refractivity contribution in [2.75, 3.05) is 19.6 Å². The van der Waals surface area contributed by atoms with E-state index in [0.717, 1.165) is 25.6 Å². The van der Waals surface area contributed by atoms with Gasteiger partial charge in [0, 0.05) is 44.0 Å². The summed E-state index contributed by atoms with van der Waals surface area (Å²) in [6.07, 6.45) is 1.93. The maximum Gasteiger partial charge on any atom is 0.275 e. The Kier molecular flexibility index (Phi) is 6.93. The van der Waals surface area contributed by atoms with E-state index < -0.39 is 34.6 Å². The Morgan fingerprint density at radius 2 is 1.97 bits per heavy atom. The van der Waals surface area contributed by atoms with Crippen LogP contribution in [0.3, 0.4) is 0 Å². The Hall–Kier alpha value is -3.27. The second-order valence-electron chi connectivity index (χ2n) is 9.86. The highest BCUT2D eigenvalue weighted by atomic mass is 19.1. The first-order valence-electron chi connectivity index (χ1n) is 11.8. The van der Waals surface area contributed by atoms with Gasteiger partial charge in [0.1, 0.15) is 23.4 Å². The number of benzene rings is 1. The Morgan fingerprint density at radius 1 is 1.23 bits per heavy atom. The third-order valence-electron chi connectivity index (χ3n) is 6.58. The maximum absolute atomic E-state index is 13.9. The lowest BCUT2D eigenvalue weighted by atomic mass is 10.1. The number of pyridine rings is 1. The SMILES string of the molecule is CC(C)CN1CC[C@@H](C)CN2C(=O)c3c(O)c(=O)c(C(=O)NCc4ccc(F)cc4F)cn3CC12. The summed E-state index contributed by atoms with van der Waals surface area (Å²) in [6, 6.07) is 2.97. The molecule has 1 fully saturated rings. The summed E-state index contributed by atoms with van der Waals surface area (Å²) in [6.45, 7) is 8.40. The van der Waals surface area contributed by atoms with Gasteiger partial charge in [0.05, 0.1) is 6.54 Å². The highest BCUT2D eigenvalue weighted by Crippen LogP contribution is 2.29. The minimum absolute atomic E-state index is 0.0461. The summed E-state index contributed by atoms with van der Waals surface area (Å²) in [7, 11) is 0. The minimum atomic E-state index is -0.970. The summed E-state index contributed by atoms with van der Waals surface area (Å²) in [5.41, 5.74) is -1.41. The molecular formula is C25H30F2N4O4. The number of carbonyl (C=O) groups is 2. The second kappa shape index (κ2) is 9.77. The third kappa shape index (κ3) is 4.93. The van der Waals surface area contributed by atoms with Crippen molar-refractivity contribution in [3.05, 3.63) is 63.1 Å². The van der Waals surface area contributed by atoms with Crippen molar-refractivity contribution >= 4 is 11.8 Å². The van der Waals surface area contributed by atoms with Gasteiger partial charge in [-0.15, -0.1) is 0 Å². The molecular weight excluding hydrogens is 458 g/mol. The molecule has 2 amide bonds. The van der Waals surface area contributed by atoms with Crippen LogP contribution in [0.25, 0.3) is 0 Å². The third-order valence-corrected chi connectivity index (χ3v) is 6.58. The number of amides is 2. The fourth-order valence-corrected chi connectivity index (χ4v) is 4.82. The van der Waals surface area contributed by atoms with Gasteiger partial charge in [-0.3, -0.25) is 19.3 Å².